The van der Waals surface area contributed by atoms with Gasteiger partial charge in [0.25, 0.3) is 5.91 Å². The Morgan fingerprint density at radius 3 is 2.45 bits per heavy atom. The number of hydrogen-bond acceptors (Lipinski definition) is 3. The number of benzene rings is 1. The maximum Gasteiger partial charge on any atom is 0.337 e. The number of anilines is 1. The molecular weight excluding hydrogens is 303 g/mol. The molecule has 0 fully saturated rings. The van der Waals surface area contributed by atoms with Crippen LogP contribution in [0.4, 0.5) is 5.69 Å². The van der Waals surface area contributed by atoms with E-state index in [0.29, 0.717) is 11.3 Å². The van der Waals surface area contributed by atoms with E-state index in [1.165, 1.54) is 36.5 Å². The molecule has 1 aromatic heterocycles. The molecule has 5 nitrogen and oxygen atoms in total. The maximum absolute atomic E-state index is 11.9. The predicted octanol–water partition coefficient (Wildman–Crippen LogP) is 3.34. The molecule has 20 heavy (non-hydrogen) atoms. The van der Waals surface area contributed by atoms with Gasteiger partial charge in [-0.2, -0.15) is 0 Å². The molecule has 102 valence electrons. The van der Waals surface area contributed by atoms with Gasteiger partial charge in [-0.05, 0) is 30.3 Å². The topological polar surface area (TPSA) is 79.3 Å². The highest BCUT2D eigenvalue weighted by atomic mass is 35.5. The van der Waals surface area contributed by atoms with Gasteiger partial charge < -0.3 is 10.4 Å². The van der Waals surface area contributed by atoms with Gasteiger partial charge in [0.1, 0.15) is 5.15 Å². The lowest BCUT2D eigenvalue weighted by Crippen LogP contribution is -2.12. The van der Waals surface area contributed by atoms with E-state index in [-0.39, 0.29) is 15.7 Å². The first-order chi connectivity index (χ1) is 9.47. The Hall–Kier alpha value is -2.11. The smallest absolute Gasteiger partial charge is 0.337 e. The molecule has 0 saturated heterocycles. The second-order valence-corrected chi connectivity index (χ2v) is 4.62. The normalized spacial score (nSPS) is 10.1. The van der Waals surface area contributed by atoms with Gasteiger partial charge in [0.2, 0.25) is 0 Å². The van der Waals surface area contributed by atoms with E-state index in [4.69, 9.17) is 28.3 Å². The molecule has 1 amide bonds. The van der Waals surface area contributed by atoms with Crippen LogP contribution < -0.4 is 5.32 Å². The number of aromatic nitrogens is 1. The average Bonchev–Trinajstić information content (AvgIpc) is 2.39. The molecule has 2 rings (SSSR count). The van der Waals surface area contributed by atoms with Crippen LogP contribution in [0.25, 0.3) is 0 Å². The van der Waals surface area contributed by atoms with Crippen molar-refractivity contribution in [2.75, 3.05) is 5.32 Å². The van der Waals surface area contributed by atoms with E-state index < -0.39 is 11.9 Å². The van der Waals surface area contributed by atoms with Gasteiger partial charge in [-0.3, -0.25) is 4.79 Å². The number of nitrogens with zero attached hydrogens (tertiary/aromatic N) is 1. The van der Waals surface area contributed by atoms with Crippen molar-refractivity contribution in [3.63, 3.8) is 0 Å². The van der Waals surface area contributed by atoms with E-state index in [9.17, 15) is 9.59 Å². The van der Waals surface area contributed by atoms with Crippen molar-refractivity contribution in [3.8, 4) is 0 Å². The summed E-state index contributed by atoms with van der Waals surface area (Å²) in [6.45, 7) is 0. The Labute approximate surface area is 124 Å². The summed E-state index contributed by atoms with van der Waals surface area (Å²) in [5, 5.41) is 11.8. The molecule has 0 aliphatic heterocycles. The van der Waals surface area contributed by atoms with Crippen LogP contribution in [0, 0.1) is 0 Å². The second kappa shape index (κ2) is 5.90. The highest BCUT2D eigenvalue weighted by molar-refractivity contribution is 6.33. The summed E-state index contributed by atoms with van der Waals surface area (Å²) in [5.41, 5.74) is 0.686. The van der Waals surface area contributed by atoms with Crippen LogP contribution in [0.2, 0.25) is 10.2 Å². The number of carbonyl (C=O) groups excluding carboxylic acids is 1. The molecule has 7 heteroatoms. The van der Waals surface area contributed by atoms with Crippen LogP contribution in [0.3, 0.4) is 0 Å². The Morgan fingerprint density at radius 1 is 1.15 bits per heavy atom. The molecule has 2 aromatic rings. The minimum absolute atomic E-state index is 0.0298. The quantitative estimate of drug-likeness (QED) is 0.852. The van der Waals surface area contributed by atoms with Crippen molar-refractivity contribution in [2.24, 2.45) is 0 Å². The molecular formula is C13H8Cl2N2O3. The lowest BCUT2D eigenvalue weighted by molar-refractivity contribution is 0.0697. The number of amides is 1. The molecule has 0 spiro atoms. The van der Waals surface area contributed by atoms with Crippen molar-refractivity contribution in [1.29, 1.82) is 0 Å². The third kappa shape index (κ3) is 3.26. The first-order valence-electron chi connectivity index (χ1n) is 5.43. The third-order valence-corrected chi connectivity index (χ3v) is 2.98. The number of carbonyl (C=O) groups is 2. The highest BCUT2D eigenvalue weighted by Gasteiger charge is 2.11. The fourth-order valence-electron chi connectivity index (χ4n) is 1.48. The van der Waals surface area contributed by atoms with E-state index >= 15 is 0 Å². The summed E-state index contributed by atoms with van der Waals surface area (Å²) >= 11 is 11.4. The molecule has 0 bridgehead atoms. The summed E-state index contributed by atoms with van der Waals surface area (Å²) in [6, 6.07) is 7.16. The number of hydrogen-bond donors (Lipinski definition) is 2. The molecule has 0 saturated carbocycles. The molecule has 0 atom stereocenters. The zero-order valence-corrected chi connectivity index (χ0v) is 11.4. The minimum atomic E-state index is -1.13. The molecule has 1 heterocycles. The first-order valence-corrected chi connectivity index (χ1v) is 6.18. The summed E-state index contributed by atoms with van der Waals surface area (Å²) in [7, 11) is 0. The van der Waals surface area contributed by atoms with Gasteiger partial charge >= 0.3 is 5.97 Å². The van der Waals surface area contributed by atoms with E-state index in [1.807, 2.05) is 0 Å². The van der Waals surface area contributed by atoms with Gasteiger partial charge in [0, 0.05) is 11.9 Å². The Balaban J connectivity index is 2.18. The van der Waals surface area contributed by atoms with Crippen LogP contribution in [0.1, 0.15) is 20.7 Å². The molecule has 0 aliphatic carbocycles. The van der Waals surface area contributed by atoms with E-state index in [1.54, 1.807) is 0 Å². The first kappa shape index (κ1) is 14.3. The highest BCUT2D eigenvalue weighted by Crippen LogP contribution is 2.21. The van der Waals surface area contributed by atoms with Gasteiger partial charge in [-0.25, -0.2) is 9.78 Å². The fourth-order valence-corrected chi connectivity index (χ4v) is 1.85. The molecule has 0 aliphatic rings. The maximum atomic E-state index is 11.9. The molecule has 0 unspecified atom stereocenters. The number of carboxylic acids is 1. The van der Waals surface area contributed by atoms with Crippen LogP contribution in [-0.2, 0) is 0 Å². The van der Waals surface area contributed by atoms with Gasteiger partial charge in [0.05, 0.1) is 16.1 Å². The lowest BCUT2D eigenvalue weighted by atomic mass is 10.2. The number of carboxylic acid groups (broad SMARTS) is 1. The number of rotatable bonds is 3. The average molecular weight is 311 g/mol. The molecule has 0 radical (unpaired) electrons. The standard InChI is InChI=1S/C13H8Cl2N2O3/c14-10-5-8(2-3-9(10)13(19)20)17-12(18)7-1-4-11(15)16-6-7/h1-6H,(H,17,18)(H,19,20). The van der Waals surface area contributed by atoms with Crippen LogP contribution >= 0.6 is 23.2 Å². The van der Waals surface area contributed by atoms with Crippen LogP contribution in [-0.4, -0.2) is 22.0 Å². The Morgan fingerprint density at radius 2 is 1.90 bits per heavy atom. The number of aromatic carboxylic acids is 1. The van der Waals surface area contributed by atoms with Gasteiger partial charge in [-0.15, -0.1) is 0 Å². The second-order valence-electron chi connectivity index (χ2n) is 3.82. The molecule has 1 aromatic carbocycles. The molecule has 2 N–H and O–H groups in total. The minimum Gasteiger partial charge on any atom is -0.478 e. The summed E-state index contributed by atoms with van der Waals surface area (Å²) in [4.78, 5) is 26.5. The summed E-state index contributed by atoms with van der Waals surface area (Å²) in [5.74, 6) is -1.52. The van der Waals surface area contributed by atoms with Crippen molar-refractivity contribution >= 4 is 40.8 Å². The fraction of sp³-hybridized carbons (Fsp3) is 0. The van der Waals surface area contributed by atoms with Crippen LogP contribution in [0.15, 0.2) is 36.5 Å². The zero-order chi connectivity index (χ0) is 14.7. The van der Waals surface area contributed by atoms with Crippen molar-refractivity contribution in [1.82, 2.24) is 4.98 Å². The predicted molar refractivity (Wildman–Crippen MR) is 75.6 cm³/mol. The zero-order valence-electron chi connectivity index (χ0n) is 9.93. The lowest BCUT2D eigenvalue weighted by Gasteiger charge is -2.06. The van der Waals surface area contributed by atoms with E-state index in [2.05, 4.69) is 10.3 Å². The van der Waals surface area contributed by atoms with E-state index in [0.717, 1.165) is 0 Å². The Bertz CT molecular complexity index is 672. The van der Waals surface area contributed by atoms with Crippen molar-refractivity contribution in [2.45, 2.75) is 0 Å². The van der Waals surface area contributed by atoms with Crippen molar-refractivity contribution < 1.29 is 14.7 Å². The largest absolute Gasteiger partial charge is 0.478 e. The van der Waals surface area contributed by atoms with Crippen molar-refractivity contribution in [3.05, 3.63) is 57.8 Å². The van der Waals surface area contributed by atoms with Gasteiger partial charge in [0.15, 0.2) is 0 Å². The number of pyridine rings is 1. The Kier molecular flexibility index (Phi) is 4.22. The SMILES string of the molecule is O=C(Nc1ccc(C(=O)O)c(Cl)c1)c1ccc(Cl)nc1. The van der Waals surface area contributed by atoms with Gasteiger partial charge in [-0.1, -0.05) is 23.2 Å². The van der Waals surface area contributed by atoms with Crippen LogP contribution in [0.5, 0.6) is 0 Å². The summed E-state index contributed by atoms with van der Waals surface area (Å²) < 4.78 is 0. The number of nitrogens with one attached hydrogen (secondary N) is 1. The third-order valence-electron chi connectivity index (χ3n) is 2.45. The monoisotopic (exact) mass is 310 g/mol. The number of halogens is 2. The summed E-state index contributed by atoms with van der Waals surface area (Å²) in [6.07, 6.45) is 1.34.